The summed E-state index contributed by atoms with van der Waals surface area (Å²) in [6, 6.07) is 14.6. The van der Waals surface area contributed by atoms with Crippen molar-refractivity contribution in [3.8, 4) is 11.1 Å². The first-order chi connectivity index (χ1) is 13.6. The molecule has 1 fully saturated rings. The van der Waals surface area contributed by atoms with Crippen LogP contribution in [0, 0.1) is 6.92 Å². The molecule has 2 heterocycles. The lowest BCUT2D eigenvalue weighted by Crippen LogP contribution is -2.38. The van der Waals surface area contributed by atoms with E-state index in [1.165, 1.54) is 4.70 Å². The highest BCUT2D eigenvalue weighted by atomic mass is 32.1. The number of aromatic nitrogens is 1. The van der Waals surface area contributed by atoms with Gasteiger partial charge in [0.15, 0.2) is 0 Å². The number of nitrogens with zero attached hydrogens (tertiary/aromatic N) is 2. The van der Waals surface area contributed by atoms with Gasteiger partial charge in [-0.25, -0.2) is 4.98 Å². The second kappa shape index (κ2) is 9.75. The summed E-state index contributed by atoms with van der Waals surface area (Å²) in [6.07, 6.45) is -0.462. The lowest BCUT2D eigenvalue weighted by atomic mass is 10.0. The van der Waals surface area contributed by atoms with E-state index in [2.05, 4.69) is 40.2 Å². The minimum atomic E-state index is -0.462. The number of aliphatic hydroxyl groups excluding tert-OH is 1. The number of aliphatic hydroxyl groups is 1. The van der Waals surface area contributed by atoms with Gasteiger partial charge in [0.1, 0.15) is 0 Å². The summed E-state index contributed by atoms with van der Waals surface area (Å²) in [7, 11) is 0. The number of aryl methyl sites for hydroxylation is 1. The highest BCUT2D eigenvalue weighted by Crippen LogP contribution is 2.28. The summed E-state index contributed by atoms with van der Waals surface area (Å²) in [5.41, 5.74) is 4.32. The molecule has 1 aliphatic heterocycles. The smallest absolute Gasteiger partial charge is 0.290 e. The van der Waals surface area contributed by atoms with Crippen molar-refractivity contribution in [1.29, 1.82) is 0 Å². The molecule has 2 N–H and O–H groups in total. The van der Waals surface area contributed by atoms with Crippen LogP contribution >= 0.6 is 11.3 Å². The Morgan fingerprint density at radius 3 is 2.50 bits per heavy atom. The van der Waals surface area contributed by atoms with Crippen LogP contribution in [0.2, 0.25) is 0 Å². The summed E-state index contributed by atoms with van der Waals surface area (Å²) >= 11 is 1.72. The van der Waals surface area contributed by atoms with Crippen LogP contribution in [0.25, 0.3) is 21.3 Å². The van der Waals surface area contributed by atoms with Gasteiger partial charge in [0.05, 0.1) is 34.5 Å². The first kappa shape index (κ1) is 20.4. The number of fused-ring (bicyclic) bond motifs is 1. The highest BCUT2D eigenvalue weighted by molar-refractivity contribution is 7.18. The highest BCUT2D eigenvalue weighted by Gasteiger charge is 2.16. The molecule has 0 aliphatic carbocycles. The fourth-order valence-electron chi connectivity index (χ4n) is 3.25. The first-order valence-corrected chi connectivity index (χ1v) is 9.96. The molecule has 7 heteroatoms. The number of rotatable bonds is 4. The standard InChI is InChI=1S/C20H22N2O2S.CH2O2/c1-14-21-18-12-17(6-7-20(18)25-14)15-2-4-16(5-3-15)19(23)13-22-8-10-24-11-9-22;2-1-3/h2-7,12,19,23H,8-11,13H2,1H3;1H,(H,2,3). The zero-order valence-corrected chi connectivity index (χ0v) is 16.6. The van der Waals surface area contributed by atoms with Crippen LogP contribution in [0.3, 0.4) is 0 Å². The molecule has 0 radical (unpaired) electrons. The summed E-state index contributed by atoms with van der Waals surface area (Å²) in [5, 5.41) is 18.5. The lowest BCUT2D eigenvalue weighted by Gasteiger charge is -2.28. The third kappa shape index (κ3) is 5.14. The van der Waals surface area contributed by atoms with Crippen LogP contribution in [0.1, 0.15) is 16.7 Å². The Balaban J connectivity index is 0.000000706. The minimum absolute atomic E-state index is 0.250. The molecule has 28 heavy (non-hydrogen) atoms. The second-order valence-corrected chi connectivity index (χ2v) is 7.81. The van der Waals surface area contributed by atoms with Gasteiger partial charge in [0.25, 0.3) is 6.47 Å². The number of ether oxygens (including phenoxy) is 1. The van der Waals surface area contributed by atoms with Crippen LogP contribution in [0.5, 0.6) is 0 Å². The lowest BCUT2D eigenvalue weighted by molar-refractivity contribution is -0.122. The number of β-amino-alcohol motifs (C(OH)–C–C–N with tert-alkyl or cyclic N) is 1. The fraction of sp³-hybridized carbons (Fsp3) is 0.333. The molecule has 1 aromatic heterocycles. The van der Waals surface area contributed by atoms with Crippen molar-refractivity contribution in [2.24, 2.45) is 0 Å². The Kier molecular flexibility index (Phi) is 7.11. The fourth-order valence-corrected chi connectivity index (χ4v) is 4.06. The normalized spacial score (nSPS) is 15.6. The molecule has 1 unspecified atom stereocenters. The van der Waals surface area contributed by atoms with Crippen LogP contribution in [0.4, 0.5) is 0 Å². The molecular weight excluding hydrogens is 376 g/mol. The predicted molar refractivity (Wildman–Crippen MR) is 111 cm³/mol. The van der Waals surface area contributed by atoms with Gasteiger partial charge in [-0.2, -0.15) is 0 Å². The monoisotopic (exact) mass is 400 g/mol. The predicted octanol–water partition coefficient (Wildman–Crippen LogP) is 3.34. The molecule has 3 aromatic rings. The average Bonchev–Trinajstić information content (AvgIpc) is 3.08. The molecule has 1 atom stereocenters. The second-order valence-electron chi connectivity index (χ2n) is 6.57. The minimum Gasteiger partial charge on any atom is -0.483 e. The summed E-state index contributed by atoms with van der Waals surface area (Å²) < 4.78 is 6.58. The molecule has 148 valence electrons. The van der Waals surface area contributed by atoms with E-state index >= 15 is 0 Å². The van der Waals surface area contributed by atoms with Crippen molar-refractivity contribution in [2.45, 2.75) is 13.0 Å². The van der Waals surface area contributed by atoms with Gasteiger partial charge in [0, 0.05) is 19.6 Å². The molecule has 4 rings (SSSR count). The number of benzene rings is 2. The Hall–Kier alpha value is -2.32. The maximum Gasteiger partial charge on any atom is 0.290 e. The molecule has 0 spiro atoms. The van der Waals surface area contributed by atoms with E-state index in [1.54, 1.807) is 11.3 Å². The summed E-state index contributed by atoms with van der Waals surface area (Å²) in [6.45, 7) is 5.74. The number of carboxylic acid groups (broad SMARTS) is 1. The molecule has 6 nitrogen and oxygen atoms in total. The van der Waals surface area contributed by atoms with Crippen LogP contribution < -0.4 is 0 Å². The SMILES string of the molecule is Cc1nc2cc(-c3ccc(C(O)CN4CCOCC4)cc3)ccc2s1.O=CO. The van der Waals surface area contributed by atoms with Crippen molar-refractivity contribution in [3.05, 3.63) is 53.0 Å². The van der Waals surface area contributed by atoms with Gasteiger partial charge in [-0.3, -0.25) is 9.69 Å². The third-order valence-corrected chi connectivity index (χ3v) is 5.61. The number of hydrogen-bond acceptors (Lipinski definition) is 6. The van der Waals surface area contributed by atoms with Crippen molar-refractivity contribution in [3.63, 3.8) is 0 Å². The van der Waals surface area contributed by atoms with Gasteiger partial charge in [0.2, 0.25) is 0 Å². The van der Waals surface area contributed by atoms with Crippen molar-refractivity contribution in [1.82, 2.24) is 9.88 Å². The summed E-state index contributed by atoms with van der Waals surface area (Å²) in [4.78, 5) is 15.2. The first-order valence-electron chi connectivity index (χ1n) is 9.14. The van der Waals surface area contributed by atoms with E-state index in [4.69, 9.17) is 14.6 Å². The van der Waals surface area contributed by atoms with E-state index in [1.807, 2.05) is 19.1 Å². The number of carbonyl (C=O) groups is 1. The van der Waals surface area contributed by atoms with Crippen molar-refractivity contribution >= 4 is 28.0 Å². The van der Waals surface area contributed by atoms with E-state index < -0.39 is 6.10 Å². The molecule has 2 aromatic carbocycles. The Labute approximate surface area is 168 Å². The van der Waals surface area contributed by atoms with E-state index in [0.29, 0.717) is 6.54 Å². The molecule has 0 amide bonds. The zero-order valence-electron chi connectivity index (χ0n) is 15.7. The molecule has 0 saturated carbocycles. The summed E-state index contributed by atoms with van der Waals surface area (Å²) in [5.74, 6) is 0. The maximum atomic E-state index is 10.5. The van der Waals surface area contributed by atoms with E-state index in [9.17, 15) is 5.11 Å². The maximum absolute atomic E-state index is 10.5. The number of thiazole rings is 1. The molecule has 0 bridgehead atoms. The van der Waals surface area contributed by atoms with Crippen LogP contribution in [-0.2, 0) is 9.53 Å². The van der Waals surface area contributed by atoms with E-state index in [0.717, 1.165) is 53.5 Å². The van der Waals surface area contributed by atoms with Crippen LogP contribution in [-0.4, -0.2) is 59.4 Å². The van der Waals surface area contributed by atoms with Gasteiger partial charge in [-0.05, 0) is 35.7 Å². The molecule has 1 saturated heterocycles. The average molecular weight is 401 g/mol. The van der Waals surface area contributed by atoms with Crippen molar-refractivity contribution in [2.75, 3.05) is 32.8 Å². The largest absolute Gasteiger partial charge is 0.483 e. The molecular formula is C21H24N2O4S. The third-order valence-electron chi connectivity index (χ3n) is 4.66. The number of hydrogen-bond donors (Lipinski definition) is 2. The Bertz CT molecular complexity index is 904. The topological polar surface area (TPSA) is 82.9 Å². The van der Waals surface area contributed by atoms with Crippen LogP contribution in [0.15, 0.2) is 42.5 Å². The van der Waals surface area contributed by atoms with Gasteiger partial charge < -0.3 is 14.9 Å². The Morgan fingerprint density at radius 2 is 1.82 bits per heavy atom. The van der Waals surface area contributed by atoms with Gasteiger partial charge >= 0.3 is 0 Å². The quantitative estimate of drug-likeness (QED) is 0.654. The van der Waals surface area contributed by atoms with E-state index in [-0.39, 0.29) is 6.47 Å². The van der Waals surface area contributed by atoms with Gasteiger partial charge in [-0.15, -0.1) is 11.3 Å². The Morgan fingerprint density at radius 1 is 1.18 bits per heavy atom. The molecule has 1 aliphatic rings. The zero-order chi connectivity index (χ0) is 19.9. The van der Waals surface area contributed by atoms with Crippen molar-refractivity contribution < 1.29 is 19.7 Å². The number of morpholine rings is 1. The van der Waals surface area contributed by atoms with Gasteiger partial charge in [-0.1, -0.05) is 30.3 Å².